The summed E-state index contributed by atoms with van der Waals surface area (Å²) in [7, 11) is -3.40. The summed E-state index contributed by atoms with van der Waals surface area (Å²) in [5, 5.41) is 4.84. The van der Waals surface area contributed by atoms with E-state index in [0.29, 0.717) is 0 Å². The molecule has 0 fully saturated rings. The highest BCUT2D eigenvalue weighted by molar-refractivity contribution is 7.91. The molecule has 118 valence electrons. The Kier molecular flexibility index (Phi) is 5.74. The molecule has 6 heteroatoms. The van der Waals surface area contributed by atoms with E-state index < -0.39 is 9.84 Å². The van der Waals surface area contributed by atoms with Gasteiger partial charge in [-0.1, -0.05) is 24.3 Å². The van der Waals surface area contributed by atoms with Gasteiger partial charge in [-0.25, -0.2) is 8.42 Å². The third-order valence-electron chi connectivity index (χ3n) is 3.20. The van der Waals surface area contributed by atoms with Crippen LogP contribution in [-0.2, 0) is 21.1 Å². The summed E-state index contributed by atoms with van der Waals surface area (Å²) in [6.45, 7) is 1.92. The molecule has 0 saturated carbocycles. The van der Waals surface area contributed by atoms with E-state index in [1.54, 1.807) is 41.7 Å². The first-order valence-electron chi connectivity index (χ1n) is 7.07. The number of nitrogens with one attached hydrogen (secondary N) is 1. The van der Waals surface area contributed by atoms with Crippen LogP contribution in [0.3, 0.4) is 0 Å². The van der Waals surface area contributed by atoms with Gasteiger partial charge in [0.05, 0.1) is 10.6 Å². The molecule has 0 radical (unpaired) electrons. The molecule has 0 aliphatic heterocycles. The van der Waals surface area contributed by atoms with Crippen LogP contribution in [0.25, 0.3) is 0 Å². The lowest BCUT2D eigenvalue weighted by atomic mass is 10.2. The van der Waals surface area contributed by atoms with Crippen molar-refractivity contribution in [1.29, 1.82) is 0 Å². The van der Waals surface area contributed by atoms with Crippen LogP contribution in [-0.4, -0.2) is 26.1 Å². The van der Waals surface area contributed by atoms with E-state index in [4.69, 9.17) is 0 Å². The summed E-state index contributed by atoms with van der Waals surface area (Å²) in [5.74, 6) is -0.405. The number of amides is 1. The van der Waals surface area contributed by atoms with Crippen molar-refractivity contribution < 1.29 is 13.2 Å². The Hall–Kier alpha value is -1.66. The van der Waals surface area contributed by atoms with E-state index in [0.717, 1.165) is 6.42 Å². The topological polar surface area (TPSA) is 63.2 Å². The van der Waals surface area contributed by atoms with Crippen molar-refractivity contribution in [3.05, 3.63) is 52.7 Å². The van der Waals surface area contributed by atoms with E-state index in [1.165, 1.54) is 4.88 Å². The van der Waals surface area contributed by atoms with Crippen molar-refractivity contribution in [2.75, 3.05) is 5.75 Å². The van der Waals surface area contributed by atoms with Crippen LogP contribution in [0.2, 0.25) is 0 Å². The molecule has 4 nitrogen and oxygen atoms in total. The minimum Gasteiger partial charge on any atom is -0.353 e. The fourth-order valence-electron chi connectivity index (χ4n) is 2.10. The lowest BCUT2D eigenvalue weighted by molar-refractivity contribution is -0.121. The molecule has 22 heavy (non-hydrogen) atoms. The standard InChI is InChI=1S/C16H19NO3S2/c1-13(12-14-6-5-10-21-14)17-16(18)9-11-22(19,20)15-7-3-2-4-8-15/h2-8,10,13H,9,11-12H2,1H3,(H,17,18). The highest BCUT2D eigenvalue weighted by atomic mass is 32.2. The second-order valence-electron chi connectivity index (χ2n) is 5.13. The molecule has 1 N–H and O–H groups in total. The van der Waals surface area contributed by atoms with E-state index in [2.05, 4.69) is 5.32 Å². The molecule has 1 aromatic heterocycles. The van der Waals surface area contributed by atoms with Crippen molar-refractivity contribution in [1.82, 2.24) is 5.32 Å². The fourth-order valence-corrected chi connectivity index (χ4v) is 4.20. The minimum absolute atomic E-state index is 0.00872. The van der Waals surface area contributed by atoms with Crippen molar-refractivity contribution in [2.24, 2.45) is 0 Å². The largest absolute Gasteiger partial charge is 0.353 e. The molecule has 0 bridgehead atoms. The van der Waals surface area contributed by atoms with E-state index in [-0.39, 0.29) is 29.0 Å². The number of hydrogen-bond acceptors (Lipinski definition) is 4. The molecular weight excluding hydrogens is 318 g/mol. The van der Waals surface area contributed by atoms with Crippen LogP contribution in [0.1, 0.15) is 18.2 Å². The van der Waals surface area contributed by atoms with Gasteiger partial charge in [-0.15, -0.1) is 11.3 Å². The number of hydrogen-bond donors (Lipinski definition) is 1. The maximum Gasteiger partial charge on any atom is 0.221 e. The Bertz CT molecular complexity index is 694. The first-order chi connectivity index (χ1) is 10.5. The average molecular weight is 337 g/mol. The zero-order valence-corrected chi connectivity index (χ0v) is 14.0. The maximum absolute atomic E-state index is 12.1. The zero-order valence-electron chi connectivity index (χ0n) is 12.4. The minimum atomic E-state index is -3.40. The fraction of sp³-hybridized carbons (Fsp3) is 0.312. The van der Waals surface area contributed by atoms with E-state index >= 15 is 0 Å². The first kappa shape index (κ1) is 16.7. The molecule has 0 saturated heterocycles. The summed E-state index contributed by atoms with van der Waals surface area (Å²) in [4.78, 5) is 13.3. The first-order valence-corrected chi connectivity index (χ1v) is 9.60. The molecule has 0 aliphatic rings. The van der Waals surface area contributed by atoms with Crippen molar-refractivity contribution in [3.63, 3.8) is 0 Å². The average Bonchev–Trinajstić information content (AvgIpc) is 2.99. The highest BCUT2D eigenvalue weighted by Crippen LogP contribution is 2.12. The number of thiophene rings is 1. The van der Waals surface area contributed by atoms with Crippen molar-refractivity contribution in [2.45, 2.75) is 30.7 Å². The van der Waals surface area contributed by atoms with E-state index in [9.17, 15) is 13.2 Å². The maximum atomic E-state index is 12.1. The molecule has 1 unspecified atom stereocenters. The summed E-state index contributed by atoms with van der Waals surface area (Å²) >= 11 is 1.65. The van der Waals surface area contributed by atoms with Gasteiger partial charge >= 0.3 is 0 Å². The van der Waals surface area contributed by atoms with Crippen LogP contribution < -0.4 is 5.32 Å². The van der Waals surface area contributed by atoms with Crippen LogP contribution >= 0.6 is 11.3 Å². The predicted octanol–water partition coefficient (Wildman–Crippen LogP) is 2.66. The molecule has 1 aromatic carbocycles. The number of rotatable bonds is 7. The second-order valence-corrected chi connectivity index (χ2v) is 8.28. The molecule has 0 spiro atoms. The quantitative estimate of drug-likeness (QED) is 0.845. The van der Waals surface area contributed by atoms with Gasteiger partial charge in [0.15, 0.2) is 9.84 Å². The normalized spacial score (nSPS) is 12.8. The Balaban J connectivity index is 1.82. The van der Waals surface area contributed by atoms with Gasteiger partial charge in [0.2, 0.25) is 5.91 Å². The molecule has 1 amide bonds. The summed E-state index contributed by atoms with van der Waals surface area (Å²) in [6.07, 6.45) is 0.737. The number of carbonyl (C=O) groups excluding carboxylic acids is 1. The van der Waals surface area contributed by atoms with E-state index in [1.807, 2.05) is 24.4 Å². The second kappa shape index (κ2) is 7.56. The lowest BCUT2D eigenvalue weighted by Crippen LogP contribution is -2.34. The Morgan fingerprint density at radius 3 is 2.55 bits per heavy atom. The van der Waals surface area contributed by atoms with Gasteiger partial charge in [-0.3, -0.25) is 4.79 Å². The summed E-state index contributed by atoms with van der Waals surface area (Å²) in [5.41, 5.74) is 0. The Morgan fingerprint density at radius 2 is 1.91 bits per heavy atom. The smallest absolute Gasteiger partial charge is 0.221 e. The van der Waals surface area contributed by atoms with Gasteiger partial charge in [0, 0.05) is 23.8 Å². The molecule has 2 aromatic rings. The van der Waals surface area contributed by atoms with Gasteiger partial charge in [-0.05, 0) is 30.5 Å². The van der Waals surface area contributed by atoms with Gasteiger partial charge in [0.25, 0.3) is 0 Å². The molecular formula is C16H19NO3S2. The Morgan fingerprint density at radius 1 is 1.18 bits per heavy atom. The van der Waals surface area contributed by atoms with Crippen molar-refractivity contribution >= 4 is 27.1 Å². The van der Waals surface area contributed by atoms with Gasteiger partial charge in [-0.2, -0.15) is 0 Å². The number of carbonyl (C=O) groups is 1. The summed E-state index contributed by atoms with van der Waals surface area (Å²) < 4.78 is 24.2. The van der Waals surface area contributed by atoms with Crippen LogP contribution in [0, 0.1) is 0 Å². The predicted molar refractivity (Wildman–Crippen MR) is 88.7 cm³/mol. The van der Waals surface area contributed by atoms with Crippen molar-refractivity contribution in [3.8, 4) is 0 Å². The molecule has 2 rings (SSSR count). The molecule has 1 heterocycles. The highest BCUT2D eigenvalue weighted by Gasteiger charge is 2.17. The SMILES string of the molecule is CC(Cc1cccs1)NC(=O)CCS(=O)(=O)c1ccccc1. The summed E-state index contributed by atoms with van der Waals surface area (Å²) in [6, 6.07) is 12.2. The monoisotopic (exact) mass is 337 g/mol. The molecule has 0 aliphatic carbocycles. The van der Waals surface area contributed by atoms with Crippen LogP contribution in [0.15, 0.2) is 52.7 Å². The number of sulfone groups is 1. The van der Waals surface area contributed by atoms with Crippen LogP contribution in [0.4, 0.5) is 0 Å². The third kappa shape index (κ3) is 4.96. The third-order valence-corrected chi connectivity index (χ3v) is 5.83. The zero-order chi connectivity index (χ0) is 16.0. The number of benzene rings is 1. The van der Waals surface area contributed by atoms with Crippen LogP contribution in [0.5, 0.6) is 0 Å². The van der Waals surface area contributed by atoms with Gasteiger partial charge in [0.1, 0.15) is 0 Å². The Labute approximate surface area is 135 Å². The lowest BCUT2D eigenvalue weighted by Gasteiger charge is -2.13. The van der Waals surface area contributed by atoms with Gasteiger partial charge < -0.3 is 5.32 Å². The molecule has 1 atom stereocenters.